The van der Waals surface area contributed by atoms with Crippen molar-refractivity contribution >= 4 is 22.8 Å². The van der Waals surface area contributed by atoms with Crippen LogP contribution < -0.4 is 4.90 Å². The molecule has 0 spiro atoms. The molecule has 0 radical (unpaired) electrons. The summed E-state index contributed by atoms with van der Waals surface area (Å²) in [5.41, 5.74) is 3.98. The van der Waals surface area contributed by atoms with Crippen molar-refractivity contribution in [2.24, 2.45) is 0 Å². The summed E-state index contributed by atoms with van der Waals surface area (Å²) in [4.78, 5) is 14.7. The minimum atomic E-state index is -0.277. The van der Waals surface area contributed by atoms with Crippen molar-refractivity contribution in [3.63, 3.8) is 0 Å². The van der Waals surface area contributed by atoms with Gasteiger partial charge in [0.05, 0.1) is 0 Å². The maximum absolute atomic E-state index is 13.4. The van der Waals surface area contributed by atoms with Gasteiger partial charge in [0.1, 0.15) is 5.82 Å². The third-order valence-corrected chi connectivity index (χ3v) is 4.52. The Morgan fingerprint density at radius 2 is 0.964 bits per heavy atom. The van der Waals surface area contributed by atoms with Gasteiger partial charge in [0, 0.05) is 28.2 Å². The van der Waals surface area contributed by atoms with E-state index in [1.165, 1.54) is 12.1 Å². The zero-order valence-corrected chi connectivity index (χ0v) is 15.1. The molecule has 0 unspecified atom stereocenters. The molecule has 4 rings (SSSR count). The van der Waals surface area contributed by atoms with Gasteiger partial charge in [-0.05, 0) is 60.7 Å². The monoisotopic (exact) mass is 367 g/mol. The molecule has 0 aliphatic carbocycles. The van der Waals surface area contributed by atoms with Crippen LogP contribution in [0.25, 0.3) is 0 Å². The summed E-state index contributed by atoms with van der Waals surface area (Å²) in [6, 6.07) is 32.9. The van der Waals surface area contributed by atoms with Gasteiger partial charge in [0.15, 0.2) is 5.78 Å². The van der Waals surface area contributed by atoms with Crippen molar-refractivity contribution in [3.8, 4) is 0 Å². The maximum atomic E-state index is 13.4. The van der Waals surface area contributed by atoms with Crippen LogP contribution in [0.3, 0.4) is 0 Å². The number of benzene rings is 4. The Hall–Kier alpha value is -3.72. The van der Waals surface area contributed by atoms with Gasteiger partial charge in [0.2, 0.25) is 0 Å². The Morgan fingerprint density at radius 1 is 0.536 bits per heavy atom. The van der Waals surface area contributed by atoms with Crippen LogP contribution in [0.4, 0.5) is 21.5 Å². The van der Waals surface area contributed by atoms with Crippen LogP contribution in [0.15, 0.2) is 109 Å². The molecule has 0 amide bonds. The van der Waals surface area contributed by atoms with Gasteiger partial charge < -0.3 is 4.90 Å². The largest absolute Gasteiger partial charge is 0.311 e. The number of rotatable bonds is 5. The molecule has 0 atom stereocenters. The second-order valence-corrected chi connectivity index (χ2v) is 6.39. The highest BCUT2D eigenvalue weighted by atomic mass is 19.1. The van der Waals surface area contributed by atoms with Gasteiger partial charge >= 0.3 is 0 Å². The predicted octanol–water partition coefficient (Wildman–Crippen LogP) is 6.53. The first-order valence-corrected chi connectivity index (χ1v) is 9.03. The third-order valence-electron chi connectivity index (χ3n) is 4.52. The van der Waals surface area contributed by atoms with E-state index in [2.05, 4.69) is 0 Å². The minimum absolute atomic E-state index is 0.0137. The Labute approximate surface area is 163 Å². The number of para-hydroxylation sites is 1. The average Bonchev–Trinajstić information content (AvgIpc) is 2.77. The quantitative estimate of drug-likeness (QED) is 0.374. The number of halogens is 1. The topological polar surface area (TPSA) is 20.3 Å². The molecule has 0 aliphatic heterocycles. The molecule has 0 aromatic heterocycles. The van der Waals surface area contributed by atoms with E-state index in [0.717, 1.165) is 17.1 Å². The highest BCUT2D eigenvalue weighted by molar-refractivity contribution is 6.09. The van der Waals surface area contributed by atoms with Crippen molar-refractivity contribution in [3.05, 3.63) is 126 Å². The van der Waals surface area contributed by atoms with Crippen molar-refractivity contribution in [2.45, 2.75) is 0 Å². The highest BCUT2D eigenvalue weighted by Gasteiger charge is 2.14. The number of hydrogen-bond donors (Lipinski definition) is 0. The Balaban J connectivity index is 1.71. The molecule has 2 nitrogen and oxygen atoms in total. The summed E-state index contributed by atoms with van der Waals surface area (Å²) in [6.45, 7) is 0. The van der Waals surface area contributed by atoms with E-state index in [1.54, 1.807) is 12.1 Å². The molecule has 0 aliphatic rings. The van der Waals surface area contributed by atoms with E-state index in [4.69, 9.17) is 0 Å². The van der Waals surface area contributed by atoms with Crippen LogP contribution >= 0.6 is 0 Å². The minimum Gasteiger partial charge on any atom is -0.311 e. The van der Waals surface area contributed by atoms with Crippen molar-refractivity contribution in [1.82, 2.24) is 0 Å². The molecular weight excluding hydrogens is 349 g/mol. The van der Waals surface area contributed by atoms with E-state index in [-0.39, 0.29) is 11.6 Å². The number of nitrogens with zero attached hydrogens (tertiary/aromatic N) is 1. The standard InChI is InChI=1S/C25H18FNO/c26-21-13-17-24(18-14-21)27(22-9-5-2-6-10-22)23-15-11-20(12-16-23)25(28)19-7-3-1-4-8-19/h1-18H. The van der Waals surface area contributed by atoms with E-state index < -0.39 is 0 Å². The molecule has 28 heavy (non-hydrogen) atoms. The van der Waals surface area contributed by atoms with Crippen molar-refractivity contribution in [2.75, 3.05) is 4.90 Å². The normalized spacial score (nSPS) is 10.5. The molecule has 4 aromatic rings. The second kappa shape index (κ2) is 7.89. The van der Waals surface area contributed by atoms with Crippen LogP contribution in [0.2, 0.25) is 0 Å². The summed E-state index contributed by atoms with van der Waals surface area (Å²) >= 11 is 0. The molecule has 136 valence electrons. The summed E-state index contributed by atoms with van der Waals surface area (Å²) in [5, 5.41) is 0. The van der Waals surface area contributed by atoms with Gasteiger partial charge in [-0.25, -0.2) is 4.39 Å². The van der Waals surface area contributed by atoms with Crippen LogP contribution in [-0.4, -0.2) is 5.78 Å². The number of ketones is 1. The molecule has 4 aromatic carbocycles. The van der Waals surface area contributed by atoms with E-state index in [1.807, 2.05) is 89.8 Å². The fraction of sp³-hybridized carbons (Fsp3) is 0. The molecule has 0 N–H and O–H groups in total. The lowest BCUT2D eigenvalue weighted by Crippen LogP contribution is -2.10. The predicted molar refractivity (Wildman–Crippen MR) is 111 cm³/mol. The average molecular weight is 367 g/mol. The fourth-order valence-corrected chi connectivity index (χ4v) is 3.13. The number of carbonyl (C=O) groups is 1. The summed E-state index contributed by atoms with van der Waals surface area (Å²) in [6.07, 6.45) is 0. The van der Waals surface area contributed by atoms with Crippen LogP contribution in [0.5, 0.6) is 0 Å². The van der Waals surface area contributed by atoms with Gasteiger partial charge in [-0.3, -0.25) is 4.79 Å². The van der Waals surface area contributed by atoms with Crippen molar-refractivity contribution < 1.29 is 9.18 Å². The highest BCUT2D eigenvalue weighted by Crippen LogP contribution is 2.34. The van der Waals surface area contributed by atoms with Crippen LogP contribution in [0.1, 0.15) is 15.9 Å². The summed E-state index contributed by atoms with van der Waals surface area (Å²) < 4.78 is 13.4. The summed E-state index contributed by atoms with van der Waals surface area (Å²) in [7, 11) is 0. The number of anilines is 3. The lowest BCUT2D eigenvalue weighted by atomic mass is 10.0. The lowest BCUT2D eigenvalue weighted by Gasteiger charge is -2.25. The SMILES string of the molecule is O=C(c1ccccc1)c1ccc(N(c2ccccc2)c2ccc(F)cc2)cc1. The molecule has 0 heterocycles. The Bertz CT molecular complexity index is 1060. The first-order chi connectivity index (χ1) is 13.7. The maximum Gasteiger partial charge on any atom is 0.193 e. The molecule has 0 bridgehead atoms. The van der Waals surface area contributed by atoms with E-state index >= 15 is 0 Å². The first kappa shape index (κ1) is 17.7. The van der Waals surface area contributed by atoms with Gasteiger partial charge in [-0.15, -0.1) is 0 Å². The third kappa shape index (κ3) is 3.69. The molecule has 0 saturated heterocycles. The van der Waals surface area contributed by atoms with Gasteiger partial charge in [-0.1, -0.05) is 48.5 Å². The lowest BCUT2D eigenvalue weighted by molar-refractivity contribution is 0.103. The Kier molecular flexibility index (Phi) is 4.98. The van der Waals surface area contributed by atoms with Crippen LogP contribution in [0, 0.1) is 5.82 Å². The van der Waals surface area contributed by atoms with E-state index in [9.17, 15) is 9.18 Å². The van der Waals surface area contributed by atoms with Crippen LogP contribution in [-0.2, 0) is 0 Å². The Morgan fingerprint density at radius 3 is 1.54 bits per heavy atom. The smallest absolute Gasteiger partial charge is 0.193 e. The zero-order chi connectivity index (χ0) is 19.3. The van der Waals surface area contributed by atoms with Gasteiger partial charge in [0.25, 0.3) is 0 Å². The van der Waals surface area contributed by atoms with Gasteiger partial charge in [-0.2, -0.15) is 0 Å². The second-order valence-electron chi connectivity index (χ2n) is 6.39. The fourth-order valence-electron chi connectivity index (χ4n) is 3.13. The van der Waals surface area contributed by atoms with Crippen molar-refractivity contribution in [1.29, 1.82) is 0 Å². The molecule has 0 fully saturated rings. The van der Waals surface area contributed by atoms with E-state index in [0.29, 0.717) is 11.1 Å². The zero-order valence-electron chi connectivity index (χ0n) is 15.1. The number of carbonyl (C=O) groups excluding carboxylic acids is 1. The molecule has 3 heteroatoms. The summed E-state index contributed by atoms with van der Waals surface area (Å²) in [5.74, 6) is -0.291. The molecular formula is C25H18FNO. The number of hydrogen-bond acceptors (Lipinski definition) is 2. The first-order valence-electron chi connectivity index (χ1n) is 9.03. The molecule has 0 saturated carbocycles.